The van der Waals surface area contributed by atoms with Crippen molar-refractivity contribution >= 4 is 21.6 Å². The second kappa shape index (κ2) is 7.60. The Balaban J connectivity index is 1.85. The van der Waals surface area contributed by atoms with Crippen molar-refractivity contribution in [1.29, 1.82) is 0 Å². The number of carbonyl (C=O) groups is 1. The molecule has 8 nitrogen and oxygen atoms in total. The lowest BCUT2D eigenvalue weighted by atomic mass is 10.1. The summed E-state index contributed by atoms with van der Waals surface area (Å²) in [5, 5.41) is 7.90. The van der Waals surface area contributed by atoms with Crippen LogP contribution in [0.2, 0.25) is 0 Å². The Bertz CT molecular complexity index is 1060. The third-order valence-corrected chi connectivity index (χ3v) is 4.76. The number of imidazole rings is 1. The molecule has 1 heterocycles. The number of amides is 1. The third-order valence-electron chi connectivity index (χ3n) is 3.85. The summed E-state index contributed by atoms with van der Waals surface area (Å²) in [6.07, 6.45) is 5.24. The van der Waals surface area contributed by atoms with Gasteiger partial charge in [-0.25, -0.2) is 18.5 Å². The third kappa shape index (κ3) is 4.52. The van der Waals surface area contributed by atoms with Crippen molar-refractivity contribution in [2.75, 3.05) is 12.4 Å². The van der Waals surface area contributed by atoms with E-state index in [0.29, 0.717) is 12.2 Å². The molecule has 0 fully saturated rings. The number of hydrogen-bond donors (Lipinski definition) is 2. The topological polar surface area (TPSA) is 116 Å². The maximum absolute atomic E-state index is 12.7. The van der Waals surface area contributed by atoms with Crippen LogP contribution in [0.5, 0.6) is 5.75 Å². The highest BCUT2D eigenvalue weighted by molar-refractivity contribution is 7.89. The van der Waals surface area contributed by atoms with E-state index in [1.54, 1.807) is 18.6 Å². The van der Waals surface area contributed by atoms with Crippen LogP contribution in [0.4, 0.5) is 5.69 Å². The molecule has 0 aliphatic carbocycles. The molecule has 1 amide bonds. The zero-order valence-electron chi connectivity index (χ0n) is 14.5. The predicted octanol–water partition coefficient (Wildman–Crippen LogP) is 1.84. The Morgan fingerprint density at radius 3 is 2.74 bits per heavy atom. The van der Waals surface area contributed by atoms with E-state index >= 15 is 0 Å². The minimum Gasteiger partial charge on any atom is -0.496 e. The normalized spacial score (nSPS) is 11.2. The van der Waals surface area contributed by atoms with Crippen LogP contribution in [0.25, 0.3) is 0 Å². The average Bonchev–Trinajstić information content (AvgIpc) is 3.13. The Labute approximate surface area is 156 Å². The van der Waals surface area contributed by atoms with E-state index in [9.17, 15) is 13.2 Å². The molecule has 0 saturated carbocycles. The summed E-state index contributed by atoms with van der Waals surface area (Å²) >= 11 is 0. The molecule has 0 aliphatic heterocycles. The number of ether oxygens (including phenoxy) is 1. The van der Waals surface area contributed by atoms with E-state index in [1.165, 1.54) is 25.3 Å². The first-order chi connectivity index (χ1) is 12.9. The van der Waals surface area contributed by atoms with Crippen LogP contribution in [0, 0.1) is 0 Å². The molecule has 3 aromatic rings. The fourth-order valence-corrected chi connectivity index (χ4v) is 3.12. The number of nitrogens with two attached hydrogens (primary N) is 1. The van der Waals surface area contributed by atoms with Crippen LogP contribution in [0.3, 0.4) is 0 Å². The van der Waals surface area contributed by atoms with Gasteiger partial charge in [-0.1, -0.05) is 12.1 Å². The van der Waals surface area contributed by atoms with Gasteiger partial charge in [0.1, 0.15) is 5.75 Å². The number of carbonyl (C=O) groups excluding carboxylic acids is 1. The molecule has 27 heavy (non-hydrogen) atoms. The number of nitrogens with one attached hydrogen (secondary N) is 1. The molecule has 2 aromatic carbocycles. The van der Waals surface area contributed by atoms with Crippen LogP contribution in [-0.2, 0) is 16.6 Å². The van der Waals surface area contributed by atoms with E-state index in [0.717, 1.165) is 5.56 Å². The quantitative estimate of drug-likeness (QED) is 0.670. The number of benzene rings is 2. The molecule has 140 valence electrons. The maximum Gasteiger partial charge on any atom is 0.259 e. The number of nitrogens with zero attached hydrogens (tertiary/aromatic N) is 2. The number of sulfonamides is 1. The van der Waals surface area contributed by atoms with E-state index in [4.69, 9.17) is 9.88 Å². The second-order valence-electron chi connectivity index (χ2n) is 5.80. The maximum atomic E-state index is 12.7. The first-order valence-corrected chi connectivity index (χ1v) is 9.48. The standard InChI is InChI=1S/C18H18N4O4S/c1-26-17-6-5-15(27(19,24)25)10-16(17)18(23)21-14-4-2-3-13(9-14)11-22-8-7-20-12-22/h2-10,12H,11H2,1H3,(H,21,23)(H2,19,24,25). The van der Waals surface area contributed by atoms with Crippen molar-refractivity contribution in [2.45, 2.75) is 11.4 Å². The van der Waals surface area contributed by atoms with E-state index < -0.39 is 15.9 Å². The summed E-state index contributed by atoms with van der Waals surface area (Å²) < 4.78 is 30.2. The van der Waals surface area contributed by atoms with E-state index in [1.807, 2.05) is 29.0 Å². The van der Waals surface area contributed by atoms with E-state index in [2.05, 4.69) is 10.3 Å². The largest absolute Gasteiger partial charge is 0.496 e. The molecule has 0 aliphatic rings. The second-order valence-corrected chi connectivity index (χ2v) is 7.36. The smallest absolute Gasteiger partial charge is 0.259 e. The SMILES string of the molecule is COc1ccc(S(N)(=O)=O)cc1C(=O)Nc1cccc(Cn2ccnc2)c1. The molecule has 0 radical (unpaired) electrons. The summed E-state index contributed by atoms with van der Waals surface area (Å²) in [6.45, 7) is 0.605. The summed E-state index contributed by atoms with van der Waals surface area (Å²) in [7, 11) is -2.54. The van der Waals surface area contributed by atoms with Crippen LogP contribution < -0.4 is 15.2 Å². The summed E-state index contributed by atoms with van der Waals surface area (Å²) in [6, 6.07) is 11.2. The molecule has 9 heteroatoms. The highest BCUT2D eigenvalue weighted by atomic mass is 32.2. The van der Waals surface area contributed by atoms with Gasteiger partial charge in [-0.3, -0.25) is 4.79 Å². The highest BCUT2D eigenvalue weighted by Gasteiger charge is 2.17. The molecule has 0 atom stereocenters. The molecular formula is C18H18N4O4S. The van der Waals surface area contributed by atoms with Crippen molar-refractivity contribution in [2.24, 2.45) is 5.14 Å². The first kappa shape index (κ1) is 18.6. The first-order valence-electron chi connectivity index (χ1n) is 7.93. The van der Waals surface area contributed by atoms with Gasteiger partial charge in [0.05, 0.1) is 23.9 Å². The van der Waals surface area contributed by atoms with Gasteiger partial charge in [-0.05, 0) is 35.9 Å². The van der Waals surface area contributed by atoms with Gasteiger partial charge in [0.15, 0.2) is 0 Å². The van der Waals surface area contributed by atoms with Crippen LogP contribution >= 0.6 is 0 Å². The number of hydrogen-bond acceptors (Lipinski definition) is 5. The van der Waals surface area contributed by atoms with Crippen molar-refractivity contribution in [3.63, 3.8) is 0 Å². The zero-order valence-corrected chi connectivity index (χ0v) is 15.3. The minimum atomic E-state index is -3.94. The monoisotopic (exact) mass is 386 g/mol. The highest BCUT2D eigenvalue weighted by Crippen LogP contribution is 2.23. The average molecular weight is 386 g/mol. The van der Waals surface area contributed by atoms with Crippen LogP contribution in [0.1, 0.15) is 15.9 Å². The number of rotatable bonds is 6. The molecule has 0 bridgehead atoms. The molecule has 0 saturated heterocycles. The molecular weight excluding hydrogens is 368 g/mol. The van der Waals surface area contributed by atoms with Gasteiger partial charge in [-0.2, -0.15) is 0 Å². The van der Waals surface area contributed by atoms with Gasteiger partial charge >= 0.3 is 0 Å². The number of primary sulfonamides is 1. The fraction of sp³-hybridized carbons (Fsp3) is 0.111. The van der Waals surface area contributed by atoms with Gasteiger partial charge in [0.2, 0.25) is 10.0 Å². The van der Waals surface area contributed by atoms with Gasteiger partial charge in [0.25, 0.3) is 5.91 Å². The van der Waals surface area contributed by atoms with Gasteiger partial charge in [0, 0.05) is 24.6 Å². The predicted molar refractivity (Wildman–Crippen MR) is 100 cm³/mol. The molecule has 1 aromatic heterocycles. The molecule has 0 spiro atoms. The summed E-state index contributed by atoms with van der Waals surface area (Å²) in [5.74, 6) is -0.258. The Kier molecular flexibility index (Phi) is 5.24. The molecule has 3 rings (SSSR count). The van der Waals surface area contributed by atoms with Gasteiger partial charge in [-0.15, -0.1) is 0 Å². The van der Waals surface area contributed by atoms with Crippen LogP contribution in [-0.4, -0.2) is 31.0 Å². The Morgan fingerprint density at radius 2 is 2.07 bits per heavy atom. The number of methoxy groups -OCH3 is 1. The summed E-state index contributed by atoms with van der Waals surface area (Å²) in [5.41, 5.74) is 1.61. The van der Waals surface area contributed by atoms with Crippen molar-refractivity contribution < 1.29 is 17.9 Å². The lowest BCUT2D eigenvalue weighted by molar-refractivity contribution is 0.102. The fourth-order valence-electron chi connectivity index (χ4n) is 2.58. The molecule has 0 unspecified atom stereocenters. The Morgan fingerprint density at radius 1 is 1.26 bits per heavy atom. The minimum absolute atomic E-state index is 0.0732. The lowest BCUT2D eigenvalue weighted by Crippen LogP contribution is -2.17. The van der Waals surface area contributed by atoms with Crippen LogP contribution in [0.15, 0.2) is 66.1 Å². The van der Waals surface area contributed by atoms with E-state index in [-0.39, 0.29) is 16.2 Å². The number of aromatic nitrogens is 2. The summed E-state index contributed by atoms with van der Waals surface area (Å²) in [4.78, 5) is 16.5. The number of anilines is 1. The van der Waals surface area contributed by atoms with Crippen molar-refractivity contribution in [1.82, 2.24) is 9.55 Å². The molecule has 3 N–H and O–H groups in total. The van der Waals surface area contributed by atoms with Crippen molar-refractivity contribution in [3.8, 4) is 5.75 Å². The van der Waals surface area contributed by atoms with Gasteiger partial charge < -0.3 is 14.6 Å². The van der Waals surface area contributed by atoms with Crippen molar-refractivity contribution in [3.05, 3.63) is 72.3 Å². The zero-order chi connectivity index (χ0) is 19.4. The lowest BCUT2D eigenvalue weighted by Gasteiger charge is -2.12. The Hall–Kier alpha value is -3.17.